The van der Waals surface area contributed by atoms with Gasteiger partial charge in [0.25, 0.3) is 0 Å². The Morgan fingerprint density at radius 2 is 1.91 bits per heavy atom. The van der Waals surface area contributed by atoms with Crippen molar-refractivity contribution in [1.82, 2.24) is 19.4 Å². The van der Waals surface area contributed by atoms with Crippen molar-refractivity contribution in [2.45, 2.75) is 38.8 Å². The number of nitrogens with one attached hydrogen (secondary N) is 1. The molecule has 2 aromatic carbocycles. The molecule has 2 aliphatic rings. The number of hydrogen-bond donors (Lipinski definition) is 3. The molecule has 8 heteroatoms. The van der Waals surface area contributed by atoms with Crippen molar-refractivity contribution in [3.63, 3.8) is 0 Å². The van der Waals surface area contributed by atoms with Crippen LogP contribution in [0.4, 0.5) is 5.82 Å². The first-order valence-electron chi connectivity index (χ1n) is 12.0. The fourth-order valence-corrected chi connectivity index (χ4v) is 5.61. The van der Waals surface area contributed by atoms with Gasteiger partial charge in [-0.15, -0.1) is 0 Å². The van der Waals surface area contributed by atoms with Gasteiger partial charge in [-0.25, -0.2) is 4.98 Å². The Bertz CT molecular complexity index is 1350. The molecule has 0 bridgehead atoms. The van der Waals surface area contributed by atoms with Gasteiger partial charge >= 0.3 is 7.12 Å². The minimum atomic E-state index is -1.53. The molecule has 6 rings (SSSR count). The summed E-state index contributed by atoms with van der Waals surface area (Å²) in [6, 6.07) is 18.3. The third-order valence-corrected chi connectivity index (χ3v) is 7.19. The highest BCUT2D eigenvalue weighted by atomic mass is 16.4. The van der Waals surface area contributed by atoms with E-state index in [1.807, 2.05) is 35.8 Å². The lowest BCUT2D eigenvalue weighted by atomic mass is 9.78. The minimum absolute atomic E-state index is 0.370. The van der Waals surface area contributed by atoms with E-state index in [9.17, 15) is 10.0 Å². The summed E-state index contributed by atoms with van der Waals surface area (Å²) in [4.78, 5) is 12.7. The second-order valence-electron chi connectivity index (χ2n) is 9.29. The van der Waals surface area contributed by atoms with Gasteiger partial charge in [-0.1, -0.05) is 42.5 Å². The standard InChI is InChI=1S/C26H28BN5O2/c1-17-15-19-20(27(33)34)9-5-10-22(19)32(17)26-29-21-12-14-31-13-6-11-23(31)24(21)25(30-26)28-16-18-7-3-2-4-8-18/h2-5,7-10,15,23,33-34H,6,11-14,16H2,1H3,(H,28,29,30). The van der Waals surface area contributed by atoms with Crippen LogP contribution in [0.3, 0.4) is 0 Å². The Hall–Kier alpha value is -3.20. The van der Waals surface area contributed by atoms with E-state index in [4.69, 9.17) is 9.97 Å². The summed E-state index contributed by atoms with van der Waals surface area (Å²) in [5.74, 6) is 1.53. The van der Waals surface area contributed by atoms with E-state index in [0.29, 0.717) is 24.0 Å². The third-order valence-electron chi connectivity index (χ3n) is 7.19. The minimum Gasteiger partial charge on any atom is -0.423 e. The zero-order chi connectivity index (χ0) is 23.2. The van der Waals surface area contributed by atoms with Crippen LogP contribution in [0, 0.1) is 6.92 Å². The average molecular weight is 453 g/mol. The first kappa shape index (κ1) is 21.3. The quantitative estimate of drug-likeness (QED) is 0.403. The molecule has 4 heterocycles. The van der Waals surface area contributed by atoms with Gasteiger partial charge in [-0.05, 0) is 49.5 Å². The number of benzene rings is 2. The van der Waals surface area contributed by atoms with E-state index in [0.717, 1.165) is 54.0 Å². The van der Waals surface area contributed by atoms with Gasteiger partial charge in [0.05, 0.1) is 11.2 Å². The molecular formula is C26H28BN5O2. The lowest BCUT2D eigenvalue weighted by Gasteiger charge is -2.32. The summed E-state index contributed by atoms with van der Waals surface area (Å²) in [5, 5.41) is 24.2. The van der Waals surface area contributed by atoms with Crippen LogP contribution in [0.1, 0.15) is 41.4 Å². The molecule has 7 nitrogen and oxygen atoms in total. The number of rotatable bonds is 5. The van der Waals surface area contributed by atoms with E-state index in [2.05, 4.69) is 34.5 Å². The molecule has 4 aromatic rings. The smallest absolute Gasteiger partial charge is 0.423 e. The third kappa shape index (κ3) is 3.59. The van der Waals surface area contributed by atoms with Crippen LogP contribution >= 0.6 is 0 Å². The molecule has 1 atom stereocenters. The molecule has 0 radical (unpaired) electrons. The predicted molar refractivity (Wildman–Crippen MR) is 134 cm³/mol. The van der Waals surface area contributed by atoms with Crippen LogP contribution in [-0.2, 0) is 13.0 Å². The van der Waals surface area contributed by atoms with Gasteiger partial charge in [-0.3, -0.25) is 9.47 Å². The zero-order valence-corrected chi connectivity index (χ0v) is 19.3. The highest BCUT2D eigenvalue weighted by Gasteiger charge is 2.35. The van der Waals surface area contributed by atoms with Gasteiger partial charge in [0, 0.05) is 42.2 Å². The molecule has 0 saturated carbocycles. The van der Waals surface area contributed by atoms with Gasteiger partial charge in [0.2, 0.25) is 5.95 Å². The molecule has 0 spiro atoms. The van der Waals surface area contributed by atoms with Gasteiger partial charge < -0.3 is 15.4 Å². The molecule has 1 unspecified atom stereocenters. The van der Waals surface area contributed by atoms with E-state index in [1.165, 1.54) is 17.5 Å². The summed E-state index contributed by atoms with van der Waals surface area (Å²) in [5.41, 5.74) is 5.87. The molecule has 1 fully saturated rings. The second-order valence-corrected chi connectivity index (χ2v) is 9.29. The number of fused-ring (bicyclic) bond motifs is 4. The van der Waals surface area contributed by atoms with E-state index < -0.39 is 7.12 Å². The van der Waals surface area contributed by atoms with Crippen molar-refractivity contribution < 1.29 is 10.0 Å². The second kappa shape index (κ2) is 8.54. The first-order chi connectivity index (χ1) is 16.6. The Kier molecular flexibility index (Phi) is 5.36. The van der Waals surface area contributed by atoms with Gasteiger partial charge in [-0.2, -0.15) is 4.98 Å². The SMILES string of the molecule is Cc1cc2c(B(O)O)cccc2n1-c1nc2c(c(NCc3ccccc3)n1)C1CCCN1CC2. The summed E-state index contributed by atoms with van der Waals surface area (Å²) in [6.45, 7) is 4.87. The van der Waals surface area contributed by atoms with E-state index >= 15 is 0 Å². The van der Waals surface area contributed by atoms with Crippen molar-refractivity contribution >= 4 is 29.3 Å². The molecule has 172 valence electrons. The van der Waals surface area contributed by atoms with Crippen molar-refractivity contribution in [3.05, 3.63) is 77.1 Å². The Morgan fingerprint density at radius 3 is 2.74 bits per heavy atom. The fraction of sp³-hybridized carbons (Fsp3) is 0.308. The molecule has 1 saturated heterocycles. The van der Waals surface area contributed by atoms with Crippen LogP contribution < -0.4 is 10.8 Å². The monoisotopic (exact) mass is 453 g/mol. The van der Waals surface area contributed by atoms with E-state index in [-0.39, 0.29) is 0 Å². The molecule has 0 aliphatic carbocycles. The predicted octanol–water partition coefficient (Wildman–Crippen LogP) is 2.71. The molecule has 34 heavy (non-hydrogen) atoms. The number of hydrogen-bond acceptors (Lipinski definition) is 6. The molecule has 3 N–H and O–H groups in total. The lowest BCUT2D eigenvalue weighted by molar-refractivity contribution is 0.241. The van der Waals surface area contributed by atoms with E-state index in [1.54, 1.807) is 6.07 Å². The lowest BCUT2D eigenvalue weighted by Crippen LogP contribution is -2.33. The summed E-state index contributed by atoms with van der Waals surface area (Å²) >= 11 is 0. The largest absolute Gasteiger partial charge is 0.489 e. The van der Waals surface area contributed by atoms with Gasteiger partial charge in [0.1, 0.15) is 5.82 Å². The normalized spacial score (nSPS) is 17.6. The van der Waals surface area contributed by atoms with Crippen molar-refractivity contribution in [2.75, 3.05) is 18.4 Å². The van der Waals surface area contributed by atoms with Crippen LogP contribution in [0.5, 0.6) is 0 Å². The fourth-order valence-electron chi connectivity index (χ4n) is 5.61. The zero-order valence-electron chi connectivity index (χ0n) is 19.3. The molecule has 2 aromatic heterocycles. The first-order valence-corrected chi connectivity index (χ1v) is 12.0. The van der Waals surface area contributed by atoms with Crippen molar-refractivity contribution in [1.29, 1.82) is 0 Å². The highest BCUT2D eigenvalue weighted by Crippen LogP contribution is 2.40. The maximum absolute atomic E-state index is 9.86. The van der Waals surface area contributed by atoms with Crippen LogP contribution in [0.15, 0.2) is 54.6 Å². The highest BCUT2D eigenvalue weighted by molar-refractivity contribution is 6.61. The summed E-state index contributed by atoms with van der Waals surface area (Å²) in [6.07, 6.45) is 3.25. The Labute approximate surface area is 199 Å². The maximum Gasteiger partial charge on any atom is 0.489 e. The van der Waals surface area contributed by atoms with Crippen LogP contribution in [-0.4, -0.2) is 49.7 Å². The van der Waals surface area contributed by atoms with Gasteiger partial charge in [0.15, 0.2) is 0 Å². The van der Waals surface area contributed by atoms with Crippen LogP contribution in [0.2, 0.25) is 0 Å². The summed E-state index contributed by atoms with van der Waals surface area (Å²) < 4.78 is 2.02. The summed E-state index contributed by atoms with van der Waals surface area (Å²) in [7, 11) is -1.53. The Morgan fingerprint density at radius 1 is 1.06 bits per heavy atom. The number of aromatic nitrogens is 3. The Balaban J connectivity index is 1.49. The average Bonchev–Trinajstić information content (AvgIpc) is 3.46. The number of aryl methyl sites for hydroxylation is 1. The van der Waals surface area contributed by atoms with Crippen molar-refractivity contribution in [2.24, 2.45) is 0 Å². The maximum atomic E-state index is 9.86. The van der Waals surface area contributed by atoms with Crippen LogP contribution in [0.25, 0.3) is 16.9 Å². The molecule has 2 aliphatic heterocycles. The topological polar surface area (TPSA) is 86.4 Å². The van der Waals surface area contributed by atoms with Crippen molar-refractivity contribution in [3.8, 4) is 5.95 Å². The number of anilines is 1. The molecular weight excluding hydrogens is 425 g/mol. The molecule has 0 amide bonds. The number of nitrogens with zero attached hydrogens (tertiary/aromatic N) is 4.